The number of aromatic nitrogens is 5. The molecule has 1 aliphatic carbocycles. The minimum absolute atomic E-state index is 0.0819. The summed E-state index contributed by atoms with van der Waals surface area (Å²) in [5.74, 6) is 1.35. The third-order valence-electron chi connectivity index (χ3n) is 6.08. The van der Waals surface area contributed by atoms with Gasteiger partial charge in [-0.3, -0.25) is 9.13 Å². The number of pyridine rings is 1. The lowest BCUT2D eigenvalue weighted by molar-refractivity contribution is 0.166. The van der Waals surface area contributed by atoms with Crippen LogP contribution in [0.15, 0.2) is 41.3 Å². The number of rotatable bonds is 6. The van der Waals surface area contributed by atoms with Crippen LogP contribution in [0.5, 0.6) is 5.88 Å². The third kappa shape index (κ3) is 3.53. The molecule has 4 aromatic rings. The average Bonchev–Trinajstić information content (AvgIpc) is 3.41. The summed E-state index contributed by atoms with van der Waals surface area (Å²) in [7, 11) is 0. The molecule has 4 heterocycles. The molecule has 1 atom stereocenters. The van der Waals surface area contributed by atoms with Crippen LogP contribution >= 0.6 is 11.6 Å². The molecule has 1 aliphatic heterocycles. The van der Waals surface area contributed by atoms with Crippen molar-refractivity contribution in [1.29, 1.82) is 0 Å². The Bertz CT molecular complexity index is 1370. The number of imidazole rings is 1. The van der Waals surface area contributed by atoms with E-state index in [-0.39, 0.29) is 18.3 Å². The molecule has 8 nitrogen and oxygen atoms in total. The summed E-state index contributed by atoms with van der Waals surface area (Å²) in [6.45, 7) is 2.22. The highest BCUT2D eigenvalue weighted by Gasteiger charge is 2.29. The van der Waals surface area contributed by atoms with Crippen molar-refractivity contribution in [3.63, 3.8) is 0 Å². The van der Waals surface area contributed by atoms with Gasteiger partial charge in [0.05, 0.1) is 36.2 Å². The molecule has 0 radical (unpaired) electrons. The first-order chi connectivity index (χ1) is 15.7. The molecule has 0 bridgehead atoms. The zero-order valence-electron chi connectivity index (χ0n) is 17.4. The van der Waals surface area contributed by atoms with Crippen molar-refractivity contribution in [3.05, 3.63) is 57.9 Å². The smallest absolute Gasteiger partial charge is 0.331 e. The van der Waals surface area contributed by atoms with Gasteiger partial charge in [-0.25, -0.2) is 14.8 Å². The van der Waals surface area contributed by atoms with Crippen LogP contribution in [0, 0.1) is 5.92 Å². The fourth-order valence-electron chi connectivity index (χ4n) is 4.28. The Labute approximate surface area is 188 Å². The SMILES string of the molecule is O=c1n(Cc2nc(OCC3CCOC3)c3ccc(Cl)cc3n2)c2cccnc2n1C1CC1. The first-order valence-electron chi connectivity index (χ1n) is 10.9. The largest absolute Gasteiger partial charge is 0.477 e. The van der Waals surface area contributed by atoms with Crippen molar-refractivity contribution in [1.82, 2.24) is 24.1 Å². The Balaban J connectivity index is 1.41. The Hall–Kier alpha value is -2.97. The third-order valence-corrected chi connectivity index (χ3v) is 6.32. The number of hydrogen-bond acceptors (Lipinski definition) is 6. The summed E-state index contributed by atoms with van der Waals surface area (Å²) in [6.07, 6.45) is 4.70. The van der Waals surface area contributed by atoms with Gasteiger partial charge < -0.3 is 9.47 Å². The Kier molecular flexibility index (Phi) is 4.84. The molecule has 164 valence electrons. The molecule has 9 heteroatoms. The molecule has 2 aliphatic rings. The molecule has 6 rings (SSSR count). The van der Waals surface area contributed by atoms with E-state index in [9.17, 15) is 4.79 Å². The lowest BCUT2D eigenvalue weighted by Crippen LogP contribution is -2.25. The van der Waals surface area contributed by atoms with Crippen molar-refractivity contribution in [2.75, 3.05) is 19.8 Å². The van der Waals surface area contributed by atoms with Crippen LogP contribution in [0.2, 0.25) is 5.02 Å². The first-order valence-corrected chi connectivity index (χ1v) is 11.3. The Morgan fingerprint density at radius 1 is 1.19 bits per heavy atom. The second-order valence-corrected chi connectivity index (χ2v) is 8.90. The maximum atomic E-state index is 13.2. The Morgan fingerprint density at radius 2 is 2.09 bits per heavy atom. The lowest BCUT2D eigenvalue weighted by atomic mass is 10.1. The van der Waals surface area contributed by atoms with Crippen LogP contribution in [-0.2, 0) is 11.3 Å². The number of nitrogens with zero attached hydrogens (tertiary/aromatic N) is 5. The van der Waals surface area contributed by atoms with E-state index in [0.717, 1.165) is 36.8 Å². The van der Waals surface area contributed by atoms with Gasteiger partial charge in [0, 0.05) is 29.8 Å². The summed E-state index contributed by atoms with van der Waals surface area (Å²) in [6, 6.07) is 9.46. The number of hydrogen-bond donors (Lipinski definition) is 0. The number of ether oxygens (including phenoxy) is 2. The molecular weight excluding hydrogens is 430 g/mol. The van der Waals surface area contributed by atoms with Gasteiger partial charge in [0.15, 0.2) is 11.5 Å². The number of benzene rings is 1. The molecule has 3 aromatic heterocycles. The Morgan fingerprint density at radius 3 is 2.91 bits per heavy atom. The highest BCUT2D eigenvalue weighted by atomic mass is 35.5. The summed E-state index contributed by atoms with van der Waals surface area (Å²) >= 11 is 6.23. The lowest BCUT2D eigenvalue weighted by Gasteiger charge is -2.13. The monoisotopic (exact) mass is 451 g/mol. The molecule has 32 heavy (non-hydrogen) atoms. The quantitative estimate of drug-likeness (QED) is 0.445. The highest BCUT2D eigenvalue weighted by molar-refractivity contribution is 6.31. The van der Waals surface area contributed by atoms with Crippen LogP contribution in [0.1, 0.15) is 31.1 Å². The van der Waals surface area contributed by atoms with Gasteiger partial charge in [0.25, 0.3) is 0 Å². The zero-order valence-corrected chi connectivity index (χ0v) is 18.2. The summed E-state index contributed by atoms with van der Waals surface area (Å²) in [5.41, 5.74) is 2.10. The molecule has 1 aromatic carbocycles. The highest BCUT2D eigenvalue weighted by Crippen LogP contribution is 2.35. The molecule has 1 unspecified atom stereocenters. The van der Waals surface area contributed by atoms with Crippen molar-refractivity contribution in [2.45, 2.75) is 31.8 Å². The van der Waals surface area contributed by atoms with Crippen molar-refractivity contribution in [2.24, 2.45) is 5.92 Å². The number of halogens is 1. The van der Waals surface area contributed by atoms with Crippen LogP contribution in [0.25, 0.3) is 22.1 Å². The second kappa shape index (κ2) is 7.86. The van der Waals surface area contributed by atoms with Gasteiger partial charge in [0.1, 0.15) is 0 Å². The van der Waals surface area contributed by atoms with E-state index in [1.807, 2.05) is 18.2 Å². The van der Waals surface area contributed by atoms with Crippen LogP contribution in [0.4, 0.5) is 0 Å². The summed E-state index contributed by atoms with van der Waals surface area (Å²) in [4.78, 5) is 27.1. The zero-order chi connectivity index (χ0) is 21.7. The molecule has 0 amide bonds. The maximum Gasteiger partial charge on any atom is 0.331 e. The predicted molar refractivity (Wildman–Crippen MR) is 120 cm³/mol. The van der Waals surface area contributed by atoms with Gasteiger partial charge in [-0.1, -0.05) is 11.6 Å². The summed E-state index contributed by atoms with van der Waals surface area (Å²) in [5, 5.41) is 1.38. The van der Waals surface area contributed by atoms with Crippen molar-refractivity contribution >= 4 is 33.7 Å². The molecule has 1 saturated heterocycles. The minimum Gasteiger partial charge on any atom is -0.477 e. The standard InChI is InChI=1S/C23H22ClN5O3/c24-15-3-6-17-18(10-15)26-20(27-22(17)32-13-14-7-9-31-12-14)11-28-19-2-1-8-25-21(19)29(23(28)30)16-4-5-16/h1-3,6,8,10,14,16H,4-5,7,9,11-13H2. The van der Waals surface area contributed by atoms with Gasteiger partial charge in [0.2, 0.25) is 5.88 Å². The van der Waals surface area contributed by atoms with E-state index in [1.54, 1.807) is 27.5 Å². The number of fused-ring (bicyclic) bond motifs is 2. The van der Waals surface area contributed by atoms with E-state index in [1.165, 1.54) is 0 Å². The van der Waals surface area contributed by atoms with Gasteiger partial charge in [-0.15, -0.1) is 0 Å². The first kappa shape index (κ1) is 19.7. The second-order valence-electron chi connectivity index (χ2n) is 8.46. The van der Waals surface area contributed by atoms with E-state index in [2.05, 4.69) is 4.98 Å². The molecule has 1 saturated carbocycles. The van der Waals surface area contributed by atoms with Gasteiger partial charge in [-0.05, 0) is 49.6 Å². The molecular formula is C23H22ClN5O3. The molecule has 2 fully saturated rings. The van der Waals surface area contributed by atoms with Crippen LogP contribution < -0.4 is 10.4 Å². The van der Waals surface area contributed by atoms with Crippen LogP contribution in [-0.4, -0.2) is 43.9 Å². The van der Waals surface area contributed by atoms with Crippen molar-refractivity contribution in [3.8, 4) is 5.88 Å². The average molecular weight is 452 g/mol. The fourth-order valence-corrected chi connectivity index (χ4v) is 4.44. The normalized spacial score (nSPS) is 18.6. The van der Waals surface area contributed by atoms with E-state index in [0.29, 0.717) is 47.0 Å². The van der Waals surface area contributed by atoms with E-state index in [4.69, 9.17) is 31.0 Å². The van der Waals surface area contributed by atoms with E-state index < -0.39 is 0 Å². The minimum atomic E-state index is -0.0819. The molecule has 0 N–H and O–H groups in total. The van der Waals surface area contributed by atoms with Gasteiger partial charge >= 0.3 is 5.69 Å². The predicted octanol–water partition coefficient (Wildman–Crippen LogP) is 3.59. The van der Waals surface area contributed by atoms with Gasteiger partial charge in [-0.2, -0.15) is 4.98 Å². The maximum absolute atomic E-state index is 13.2. The fraction of sp³-hybridized carbons (Fsp3) is 0.391. The van der Waals surface area contributed by atoms with Crippen molar-refractivity contribution < 1.29 is 9.47 Å². The topological polar surface area (TPSA) is 84.1 Å². The van der Waals surface area contributed by atoms with E-state index >= 15 is 0 Å². The van der Waals surface area contributed by atoms with Crippen LogP contribution in [0.3, 0.4) is 0 Å². The molecule has 0 spiro atoms. The summed E-state index contributed by atoms with van der Waals surface area (Å²) < 4.78 is 15.1.